The van der Waals surface area contributed by atoms with Gasteiger partial charge in [-0.15, -0.1) is 10.2 Å². The smallest absolute Gasteiger partial charge is 0.211 e. The molecule has 1 amide bonds. The second-order valence-electron chi connectivity index (χ2n) is 2.93. The lowest BCUT2D eigenvalue weighted by Gasteiger charge is -2.03. The van der Waals surface area contributed by atoms with Gasteiger partial charge in [0.2, 0.25) is 6.41 Å². The minimum absolute atomic E-state index is 0.157. The number of pyridine rings is 1. The van der Waals surface area contributed by atoms with E-state index in [1.807, 2.05) is 0 Å². The first-order valence-corrected chi connectivity index (χ1v) is 4.83. The molecule has 0 aliphatic rings. The Morgan fingerprint density at radius 3 is 2.69 bits per heavy atom. The number of carbonyl (C=O) groups excluding carboxylic acids is 1. The molecule has 2 heterocycles. The van der Waals surface area contributed by atoms with Crippen LogP contribution in [0.25, 0.3) is 11.3 Å². The van der Waals surface area contributed by atoms with E-state index in [1.54, 1.807) is 30.6 Å². The van der Waals surface area contributed by atoms with Gasteiger partial charge in [0.05, 0.1) is 11.4 Å². The number of nitrogens with zero attached hydrogens (tertiary/aromatic N) is 3. The molecule has 0 saturated carbocycles. The third-order valence-electron chi connectivity index (χ3n) is 1.94. The molecule has 16 heavy (non-hydrogen) atoms. The van der Waals surface area contributed by atoms with Crippen LogP contribution in [0.15, 0.2) is 30.6 Å². The topological polar surface area (TPSA) is 67.8 Å². The maximum Gasteiger partial charge on any atom is 0.211 e. The van der Waals surface area contributed by atoms with Crippen LogP contribution >= 0.6 is 11.6 Å². The van der Waals surface area contributed by atoms with Crippen molar-refractivity contribution in [2.75, 3.05) is 5.32 Å². The molecule has 0 atom stereocenters. The molecular weight excluding hydrogens is 228 g/mol. The van der Waals surface area contributed by atoms with Gasteiger partial charge in [0, 0.05) is 18.0 Å². The number of carbonyl (C=O) groups is 1. The van der Waals surface area contributed by atoms with Crippen LogP contribution in [-0.2, 0) is 4.79 Å². The monoisotopic (exact) mass is 234 g/mol. The van der Waals surface area contributed by atoms with E-state index >= 15 is 0 Å². The molecule has 2 aromatic rings. The van der Waals surface area contributed by atoms with Gasteiger partial charge < -0.3 is 5.32 Å². The minimum atomic E-state index is 0.157. The predicted octanol–water partition coefficient (Wildman–Crippen LogP) is 1.76. The number of aromatic nitrogens is 3. The zero-order valence-corrected chi connectivity index (χ0v) is 8.85. The Morgan fingerprint density at radius 2 is 2.00 bits per heavy atom. The van der Waals surface area contributed by atoms with E-state index in [1.165, 1.54) is 0 Å². The van der Waals surface area contributed by atoms with Crippen LogP contribution in [0.2, 0.25) is 5.15 Å². The highest BCUT2D eigenvalue weighted by Gasteiger charge is 2.05. The van der Waals surface area contributed by atoms with Gasteiger partial charge in [-0.05, 0) is 18.2 Å². The first kappa shape index (κ1) is 10.5. The molecule has 0 aliphatic heterocycles. The van der Waals surface area contributed by atoms with E-state index in [0.717, 1.165) is 5.56 Å². The van der Waals surface area contributed by atoms with Crippen molar-refractivity contribution in [3.05, 3.63) is 35.7 Å². The second-order valence-corrected chi connectivity index (χ2v) is 3.29. The van der Waals surface area contributed by atoms with E-state index in [4.69, 9.17) is 11.6 Å². The molecule has 0 radical (unpaired) electrons. The number of hydrogen-bond donors (Lipinski definition) is 1. The zero-order chi connectivity index (χ0) is 11.4. The fourth-order valence-electron chi connectivity index (χ4n) is 1.21. The van der Waals surface area contributed by atoms with Gasteiger partial charge in [0.25, 0.3) is 0 Å². The van der Waals surface area contributed by atoms with Crippen molar-refractivity contribution in [1.29, 1.82) is 0 Å². The lowest BCUT2D eigenvalue weighted by Crippen LogP contribution is -1.98. The first-order valence-electron chi connectivity index (χ1n) is 4.45. The highest BCUT2D eigenvalue weighted by atomic mass is 35.5. The standard InChI is InChI=1S/C10H7ClN4O/c11-10-9(13-6-16)5-8(14-15-10)7-1-3-12-4-2-7/h1-6H,(H,13,14,16). The molecule has 0 fully saturated rings. The van der Waals surface area contributed by atoms with Gasteiger partial charge in [0.1, 0.15) is 0 Å². The number of nitrogens with one attached hydrogen (secondary N) is 1. The third-order valence-corrected chi connectivity index (χ3v) is 2.22. The highest BCUT2D eigenvalue weighted by molar-refractivity contribution is 6.32. The Morgan fingerprint density at radius 1 is 1.25 bits per heavy atom. The average Bonchev–Trinajstić information content (AvgIpc) is 2.33. The second kappa shape index (κ2) is 4.67. The van der Waals surface area contributed by atoms with Crippen LogP contribution in [0.1, 0.15) is 0 Å². The third kappa shape index (κ3) is 2.14. The van der Waals surface area contributed by atoms with Crippen LogP contribution < -0.4 is 5.32 Å². The molecule has 80 valence electrons. The van der Waals surface area contributed by atoms with Crippen molar-refractivity contribution in [2.45, 2.75) is 0 Å². The highest BCUT2D eigenvalue weighted by Crippen LogP contribution is 2.23. The summed E-state index contributed by atoms with van der Waals surface area (Å²) in [6.07, 6.45) is 3.84. The van der Waals surface area contributed by atoms with Crippen LogP contribution in [0.4, 0.5) is 5.69 Å². The van der Waals surface area contributed by atoms with E-state index in [-0.39, 0.29) is 5.15 Å². The summed E-state index contributed by atoms with van der Waals surface area (Å²) in [5.74, 6) is 0. The largest absolute Gasteiger partial charge is 0.326 e. The average molecular weight is 235 g/mol. The molecule has 5 nitrogen and oxygen atoms in total. The van der Waals surface area contributed by atoms with Crippen LogP contribution in [-0.4, -0.2) is 21.6 Å². The summed E-state index contributed by atoms with van der Waals surface area (Å²) in [4.78, 5) is 14.2. The van der Waals surface area contributed by atoms with Crippen molar-refractivity contribution >= 4 is 23.7 Å². The van der Waals surface area contributed by atoms with Gasteiger partial charge in [-0.3, -0.25) is 9.78 Å². The molecule has 0 aromatic carbocycles. The zero-order valence-electron chi connectivity index (χ0n) is 8.09. The van der Waals surface area contributed by atoms with E-state index in [2.05, 4.69) is 20.5 Å². The van der Waals surface area contributed by atoms with E-state index in [0.29, 0.717) is 17.8 Å². The quantitative estimate of drug-likeness (QED) is 0.822. The Labute approximate surface area is 96.5 Å². The Balaban J connectivity index is 2.43. The van der Waals surface area contributed by atoms with Crippen molar-refractivity contribution in [3.8, 4) is 11.3 Å². The Hall–Kier alpha value is -2.01. The van der Waals surface area contributed by atoms with Gasteiger partial charge in [-0.2, -0.15) is 0 Å². The molecule has 0 spiro atoms. The summed E-state index contributed by atoms with van der Waals surface area (Å²) in [5.41, 5.74) is 1.91. The van der Waals surface area contributed by atoms with Crippen LogP contribution in [0.5, 0.6) is 0 Å². The summed E-state index contributed by atoms with van der Waals surface area (Å²) >= 11 is 5.76. The molecule has 0 saturated heterocycles. The summed E-state index contributed by atoms with van der Waals surface area (Å²) in [6, 6.07) is 5.24. The van der Waals surface area contributed by atoms with Gasteiger partial charge in [-0.1, -0.05) is 11.6 Å². The Bertz CT molecular complexity index is 503. The SMILES string of the molecule is O=CNc1cc(-c2ccncc2)nnc1Cl. The molecule has 0 unspecified atom stereocenters. The van der Waals surface area contributed by atoms with Gasteiger partial charge in [-0.25, -0.2) is 0 Å². The van der Waals surface area contributed by atoms with Crippen molar-refractivity contribution < 1.29 is 4.79 Å². The molecule has 2 rings (SSSR count). The van der Waals surface area contributed by atoms with Crippen LogP contribution in [0, 0.1) is 0 Å². The van der Waals surface area contributed by atoms with Gasteiger partial charge in [0.15, 0.2) is 5.15 Å². The molecule has 0 bridgehead atoms. The fourth-order valence-corrected chi connectivity index (χ4v) is 1.35. The summed E-state index contributed by atoms with van der Waals surface area (Å²) in [6.45, 7) is 0. The van der Waals surface area contributed by atoms with E-state index < -0.39 is 0 Å². The van der Waals surface area contributed by atoms with Crippen molar-refractivity contribution in [1.82, 2.24) is 15.2 Å². The van der Waals surface area contributed by atoms with E-state index in [9.17, 15) is 4.79 Å². The normalized spacial score (nSPS) is 9.81. The molecule has 2 aromatic heterocycles. The van der Waals surface area contributed by atoms with Crippen LogP contribution in [0.3, 0.4) is 0 Å². The number of amides is 1. The fraction of sp³-hybridized carbons (Fsp3) is 0. The minimum Gasteiger partial charge on any atom is -0.326 e. The molecular formula is C10H7ClN4O. The molecule has 6 heteroatoms. The summed E-state index contributed by atoms with van der Waals surface area (Å²) < 4.78 is 0. The molecule has 1 N–H and O–H groups in total. The lowest BCUT2D eigenvalue weighted by atomic mass is 10.2. The number of halogens is 1. The lowest BCUT2D eigenvalue weighted by molar-refractivity contribution is -0.105. The summed E-state index contributed by atoms with van der Waals surface area (Å²) in [7, 11) is 0. The number of anilines is 1. The Kier molecular flexibility index (Phi) is 3.07. The van der Waals surface area contributed by atoms with Crippen molar-refractivity contribution in [3.63, 3.8) is 0 Å². The number of rotatable bonds is 3. The van der Waals surface area contributed by atoms with Crippen molar-refractivity contribution in [2.24, 2.45) is 0 Å². The first-order chi connectivity index (χ1) is 7.81. The van der Waals surface area contributed by atoms with Gasteiger partial charge >= 0.3 is 0 Å². The molecule has 0 aliphatic carbocycles. The predicted molar refractivity (Wildman–Crippen MR) is 60.0 cm³/mol. The maximum absolute atomic E-state index is 10.3. The number of hydrogen-bond acceptors (Lipinski definition) is 4. The summed E-state index contributed by atoms with van der Waals surface area (Å²) in [5, 5.41) is 10.3. The maximum atomic E-state index is 10.3.